The maximum Gasteiger partial charge on any atom is 0.376 e. The molecule has 60 valence electrons. The van der Waals surface area contributed by atoms with E-state index >= 15 is 0 Å². The normalized spacial score (nSPS) is 9.64. The van der Waals surface area contributed by atoms with Gasteiger partial charge in [-0.2, -0.15) is 0 Å². The average Bonchev–Trinajstić information content (AvgIpc) is 2.28. The smallest absolute Gasteiger partial charge is 0.376 e. The minimum atomic E-state index is -0.527. The van der Waals surface area contributed by atoms with E-state index in [1.807, 2.05) is 0 Å². The molecule has 0 saturated carbocycles. The lowest BCUT2D eigenvalue weighted by Crippen LogP contribution is -2.17. The van der Waals surface area contributed by atoms with E-state index in [2.05, 4.69) is 9.72 Å². The van der Waals surface area contributed by atoms with Gasteiger partial charge in [-0.25, -0.2) is 14.5 Å². The number of rotatable bonds is 1. The second-order valence-electron chi connectivity index (χ2n) is 2.10. The Labute approximate surface area is 63.8 Å². The van der Waals surface area contributed by atoms with E-state index in [4.69, 9.17) is 5.84 Å². The van der Waals surface area contributed by atoms with Crippen LogP contribution in [0.15, 0.2) is 6.20 Å². The van der Waals surface area contributed by atoms with Crippen molar-refractivity contribution in [1.29, 1.82) is 0 Å². The summed E-state index contributed by atoms with van der Waals surface area (Å²) < 4.78 is 5.57. The fourth-order valence-corrected chi connectivity index (χ4v) is 0.758. The minimum Gasteiger partial charge on any atom is -0.463 e. The van der Waals surface area contributed by atoms with Gasteiger partial charge >= 0.3 is 5.97 Å². The van der Waals surface area contributed by atoms with Gasteiger partial charge < -0.3 is 10.6 Å². The van der Waals surface area contributed by atoms with Gasteiger partial charge in [0.25, 0.3) is 0 Å². The Balaban J connectivity index is 3.03. The van der Waals surface area contributed by atoms with Gasteiger partial charge in [0.2, 0.25) is 5.82 Å². The third kappa shape index (κ3) is 1.31. The monoisotopic (exact) mass is 155 g/mol. The van der Waals surface area contributed by atoms with Crippen LogP contribution >= 0.6 is 0 Å². The number of carbonyl (C=O) groups is 1. The molecule has 0 fully saturated rings. The molecular weight excluding hydrogens is 146 g/mol. The van der Waals surface area contributed by atoms with Crippen molar-refractivity contribution in [3.63, 3.8) is 0 Å². The third-order valence-electron chi connectivity index (χ3n) is 1.22. The molecule has 5 heteroatoms. The zero-order chi connectivity index (χ0) is 8.43. The number of aryl methyl sites for hydroxylation is 1. The van der Waals surface area contributed by atoms with E-state index < -0.39 is 5.97 Å². The second kappa shape index (κ2) is 2.61. The number of nitrogens with zero attached hydrogens (tertiary/aromatic N) is 2. The molecule has 0 unspecified atom stereocenters. The Hall–Kier alpha value is -1.52. The van der Waals surface area contributed by atoms with E-state index in [0.717, 1.165) is 4.68 Å². The number of hydrogen-bond donors (Lipinski definition) is 1. The maximum atomic E-state index is 10.9. The molecule has 1 aromatic rings. The first-order chi connectivity index (χ1) is 5.15. The summed E-state index contributed by atoms with van der Waals surface area (Å²) in [5, 5.41) is 0. The molecule has 0 aliphatic carbocycles. The molecule has 2 N–H and O–H groups in total. The van der Waals surface area contributed by atoms with Crippen LogP contribution in [0.4, 0.5) is 0 Å². The lowest BCUT2D eigenvalue weighted by atomic mass is 10.6. The van der Waals surface area contributed by atoms with Gasteiger partial charge in [-0.1, -0.05) is 0 Å². The van der Waals surface area contributed by atoms with E-state index in [9.17, 15) is 4.79 Å². The molecule has 0 amide bonds. The molecule has 0 bridgehead atoms. The van der Waals surface area contributed by atoms with Crippen LogP contribution < -0.4 is 5.84 Å². The van der Waals surface area contributed by atoms with Gasteiger partial charge in [0.15, 0.2) is 0 Å². The molecule has 0 aliphatic heterocycles. The van der Waals surface area contributed by atoms with E-state index in [1.54, 1.807) is 13.1 Å². The number of hydrogen-bond acceptors (Lipinski definition) is 4. The first-order valence-electron chi connectivity index (χ1n) is 3.04. The number of aromatic nitrogens is 2. The molecule has 0 aromatic carbocycles. The first-order valence-corrected chi connectivity index (χ1v) is 3.04. The highest BCUT2D eigenvalue weighted by atomic mass is 16.5. The van der Waals surface area contributed by atoms with Crippen LogP contribution in [0.2, 0.25) is 0 Å². The van der Waals surface area contributed by atoms with Crippen LogP contribution in [-0.2, 0) is 4.74 Å². The molecular formula is C6H9N3O2. The summed E-state index contributed by atoms with van der Waals surface area (Å²) in [6.45, 7) is 1.75. The molecule has 11 heavy (non-hydrogen) atoms. The molecule has 0 atom stereocenters. The van der Waals surface area contributed by atoms with Crippen molar-refractivity contribution < 1.29 is 9.53 Å². The number of esters is 1. The van der Waals surface area contributed by atoms with Gasteiger partial charge in [0.1, 0.15) is 0 Å². The van der Waals surface area contributed by atoms with Gasteiger partial charge in [0.05, 0.1) is 12.8 Å². The number of nitrogen functional groups attached to an aromatic ring is 1. The zero-order valence-corrected chi connectivity index (χ0v) is 6.37. The van der Waals surface area contributed by atoms with Crippen LogP contribution in [-0.4, -0.2) is 22.7 Å². The predicted octanol–water partition coefficient (Wildman–Crippen LogP) is -0.308. The van der Waals surface area contributed by atoms with E-state index in [1.165, 1.54) is 7.11 Å². The van der Waals surface area contributed by atoms with Gasteiger partial charge in [-0.3, -0.25) is 0 Å². The summed E-state index contributed by atoms with van der Waals surface area (Å²) in [5.74, 6) is 4.96. The largest absolute Gasteiger partial charge is 0.463 e. The number of methoxy groups -OCH3 is 1. The summed E-state index contributed by atoms with van der Waals surface area (Å²) in [6.07, 6.45) is 1.55. The zero-order valence-electron chi connectivity index (χ0n) is 6.37. The lowest BCUT2D eigenvalue weighted by Gasteiger charge is -1.96. The molecule has 0 spiro atoms. The van der Waals surface area contributed by atoms with Gasteiger partial charge in [-0.05, 0) is 6.92 Å². The van der Waals surface area contributed by atoms with Gasteiger partial charge in [-0.15, -0.1) is 0 Å². The Morgan fingerprint density at radius 3 is 2.82 bits per heavy atom. The van der Waals surface area contributed by atoms with Crippen LogP contribution in [0, 0.1) is 6.92 Å². The Kier molecular flexibility index (Phi) is 1.80. The fraction of sp³-hybridized carbons (Fsp3) is 0.333. The molecule has 0 saturated heterocycles. The number of nitrogens with two attached hydrogens (primary N) is 1. The molecule has 0 aliphatic rings. The van der Waals surface area contributed by atoms with Crippen molar-refractivity contribution in [1.82, 2.24) is 9.66 Å². The summed E-state index contributed by atoms with van der Waals surface area (Å²) in [7, 11) is 1.28. The predicted molar refractivity (Wildman–Crippen MR) is 38.5 cm³/mol. The molecule has 1 heterocycles. The van der Waals surface area contributed by atoms with Crippen molar-refractivity contribution in [2.75, 3.05) is 13.0 Å². The van der Waals surface area contributed by atoms with Crippen molar-refractivity contribution >= 4 is 5.97 Å². The van der Waals surface area contributed by atoms with Crippen LogP contribution in [0.5, 0.6) is 0 Å². The first kappa shape index (κ1) is 7.59. The quantitative estimate of drug-likeness (QED) is 0.446. The molecule has 1 aromatic heterocycles. The number of imidazole rings is 1. The van der Waals surface area contributed by atoms with Crippen LogP contribution in [0.1, 0.15) is 16.3 Å². The van der Waals surface area contributed by atoms with Crippen LogP contribution in [0.3, 0.4) is 0 Å². The third-order valence-corrected chi connectivity index (χ3v) is 1.22. The fourth-order valence-electron chi connectivity index (χ4n) is 0.758. The SMILES string of the molecule is COC(=O)c1nc(C)cn1N. The summed E-state index contributed by atoms with van der Waals surface area (Å²) in [6, 6.07) is 0. The maximum absolute atomic E-state index is 10.9. The highest BCUT2D eigenvalue weighted by molar-refractivity contribution is 5.85. The summed E-state index contributed by atoms with van der Waals surface area (Å²) in [4.78, 5) is 14.7. The molecule has 1 rings (SSSR count). The van der Waals surface area contributed by atoms with Crippen LogP contribution in [0.25, 0.3) is 0 Å². The minimum absolute atomic E-state index is 0.116. The standard InChI is InChI=1S/C6H9N3O2/c1-4-3-9(7)5(8-4)6(10)11-2/h3H,7H2,1-2H3. The number of carbonyl (C=O) groups excluding carboxylic acids is 1. The van der Waals surface area contributed by atoms with Crippen molar-refractivity contribution in [2.24, 2.45) is 0 Å². The summed E-state index contributed by atoms with van der Waals surface area (Å²) >= 11 is 0. The average molecular weight is 155 g/mol. The van der Waals surface area contributed by atoms with E-state index in [0.29, 0.717) is 5.69 Å². The lowest BCUT2D eigenvalue weighted by molar-refractivity contribution is 0.0583. The number of ether oxygens (including phenoxy) is 1. The van der Waals surface area contributed by atoms with Crippen molar-refractivity contribution in [2.45, 2.75) is 6.92 Å². The molecule has 5 nitrogen and oxygen atoms in total. The van der Waals surface area contributed by atoms with Crippen molar-refractivity contribution in [3.05, 3.63) is 17.7 Å². The highest BCUT2D eigenvalue weighted by Gasteiger charge is 2.12. The Bertz CT molecular complexity index is 279. The highest BCUT2D eigenvalue weighted by Crippen LogP contribution is 1.98. The molecule has 0 radical (unpaired) electrons. The Morgan fingerprint density at radius 2 is 2.45 bits per heavy atom. The van der Waals surface area contributed by atoms with Gasteiger partial charge in [0, 0.05) is 6.20 Å². The summed E-state index contributed by atoms with van der Waals surface area (Å²) in [5.41, 5.74) is 0.688. The Morgan fingerprint density at radius 1 is 1.82 bits per heavy atom. The van der Waals surface area contributed by atoms with E-state index in [-0.39, 0.29) is 5.82 Å². The topological polar surface area (TPSA) is 70.1 Å². The van der Waals surface area contributed by atoms with Crippen molar-refractivity contribution in [3.8, 4) is 0 Å². The second-order valence-corrected chi connectivity index (χ2v) is 2.10.